The number of amides is 1. The molecule has 5 rings (SSSR count). The van der Waals surface area contributed by atoms with Gasteiger partial charge in [-0.2, -0.15) is 0 Å². The lowest BCUT2D eigenvalue weighted by Gasteiger charge is -2.35. The summed E-state index contributed by atoms with van der Waals surface area (Å²) < 4.78 is 7.14. The molecule has 1 amide bonds. The van der Waals surface area contributed by atoms with E-state index in [2.05, 4.69) is 33.6 Å². The van der Waals surface area contributed by atoms with Crippen molar-refractivity contribution in [3.8, 4) is 11.4 Å². The fraction of sp³-hybridized carbons (Fsp3) is 0.400. The molecule has 2 aromatic heterocycles. The second kappa shape index (κ2) is 6.87. The van der Waals surface area contributed by atoms with Gasteiger partial charge in [-0.15, -0.1) is 5.10 Å². The van der Waals surface area contributed by atoms with Crippen molar-refractivity contribution in [2.75, 3.05) is 18.0 Å². The fourth-order valence-electron chi connectivity index (χ4n) is 3.98. The third-order valence-electron chi connectivity index (χ3n) is 5.62. The minimum Gasteiger partial charge on any atom is -0.447 e. The number of aryl methyl sites for hydroxylation is 1. The molecule has 1 N–H and O–H groups in total. The van der Waals surface area contributed by atoms with Crippen LogP contribution in [0.3, 0.4) is 0 Å². The highest BCUT2D eigenvalue weighted by Gasteiger charge is 2.30. The maximum Gasteiger partial charge on any atom is 0.249 e. The zero-order valence-electron chi connectivity index (χ0n) is 15.7. The van der Waals surface area contributed by atoms with Crippen LogP contribution in [0.5, 0.6) is 0 Å². The maximum absolute atomic E-state index is 13.1. The van der Waals surface area contributed by atoms with Crippen LogP contribution in [0.25, 0.3) is 11.4 Å². The van der Waals surface area contributed by atoms with E-state index in [1.807, 2.05) is 23.1 Å². The van der Waals surface area contributed by atoms with Crippen molar-refractivity contribution in [1.82, 2.24) is 25.3 Å². The SMILES string of the molecule is CC1CCc2ccccc2N1C(=O)Cn1cc(-c2ncoc2C2CNC2)nn1. The van der Waals surface area contributed by atoms with E-state index in [0.29, 0.717) is 17.3 Å². The fourth-order valence-corrected chi connectivity index (χ4v) is 3.98. The number of para-hydroxylation sites is 1. The van der Waals surface area contributed by atoms with Crippen molar-refractivity contribution in [2.45, 2.75) is 38.3 Å². The normalized spacial score (nSPS) is 19.3. The first kappa shape index (κ1) is 17.1. The molecule has 2 aliphatic heterocycles. The van der Waals surface area contributed by atoms with Gasteiger partial charge in [0.1, 0.15) is 23.7 Å². The summed E-state index contributed by atoms with van der Waals surface area (Å²) in [6, 6.07) is 8.28. The van der Waals surface area contributed by atoms with E-state index in [1.54, 1.807) is 10.9 Å². The summed E-state index contributed by atoms with van der Waals surface area (Å²) in [5, 5.41) is 11.6. The van der Waals surface area contributed by atoms with Crippen molar-refractivity contribution in [3.63, 3.8) is 0 Å². The third kappa shape index (κ3) is 2.90. The van der Waals surface area contributed by atoms with E-state index in [1.165, 1.54) is 12.0 Å². The van der Waals surface area contributed by atoms with Gasteiger partial charge in [0.05, 0.1) is 6.20 Å². The molecule has 1 atom stereocenters. The van der Waals surface area contributed by atoms with Crippen LogP contribution in [-0.4, -0.2) is 45.0 Å². The molecule has 8 heteroatoms. The van der Waals surface area contributed by atoms with Crippen LogP contribution in [-0.2, 0) is 17.8 Å². The second-order valence-corrected chi connectivity index (χ2v) is 7.50. The molecular formula is C20H22N6O2. The molecule has 1 unspecified atom stereocenters. The minimum atomic E-state index is 0.0136. The van der Waals surface area contributed by atoms with Gasteiger partial charge >= 0.3 is 0 Å². The number of hydrogen-bond acceptors (Lipinski definition) is 6. The largest absolute Gasteiger partial charge is 0.447 e. The van der Waals surface area contributed by atoms with Gasteiger partial charge in [0, 0.05) is 30.7 Å². The molecule has 0 radical (unpaired) electrons. The van der Waals surface area contributed by atoms with Gasteiger partial charge in [0.25, 0.3) is 0 Å². The Morgan fingerprint density at radius 3 is 3.00 bits per heavy atom. The first-order valence-electron chi connectivity index (χ1n) is 9.65. The minimum absolute atomic E-state index is 0.0136. The van der Waals surface area contributed by atoms with Crippen LogP contribution in [0.2, 0.25) is 0 Å². The zero-order chi connectivity index (χ0) is 19.1. The lowest BCUT2D eigenvalue weighted by Crippen LogP contribution is -2.43. The van der Waals surface area contributed by atoms with Gasteiger partial charge in [0.15, 0.2) is 6.39 Å². The highest BCUT2D eigenvalue weighted by Crippen LogP contribution is 2.31. The van der Waals surface area contributed by atoms with Crippen molar-refractivity contribution in [2.24, 2.45) is 0 Å². The molecule has 28 heavy (non-hydrogen) atoms. The van der Waals surface area contributed by atoms with Crippen molar-refractivity contribution < 1.29 is 9.21 Å². The number of anilines is 1. The first-order valence-corrected chi connectivity index (χ1v) is 9.65. The van der Waals surface area contributed by atoms with Gasteiger partial charge in [-0.1, -0.05) is 23.4 Å². The molecule has 144 valence electrons. The van der Waals surface area contributed by atoms with Crippen LogP contribution in [0.15, 0.2) is 41.3 Å². The predicted octanol–water partition coefficient (Wildman–Crippen LogP) is 1.99. The quantitative estimate of drug-likeness (QED) is 0.747. The Morgan fingerprint density at radius 2 is 2.18 bits per heavy atom. The molecule has 8 nitrogen and oxygen atoms in total. The van der Waals surface area contributed by atoms with Crippen LogP contribution >= 0.6 is 0 Å². The average molecular weight is 378 g/mol. The summed E-state index contributed by atoms with van der Waals surface area (Å²) in [5.74, 6) is 1.16. The molecule has 3 aromatic rings. The summed E-state index contributed by atoms with van der Waals surface area (Å²) in [4.78, 5) is 19.3. The first-order chi connectivity index (χ1) is 13.7. The van der Waals surface area contributed by atoms with Crippen molar-refractivity contribution in [1.29, 1.82) is 0 Å². The van der Waals surface area contributed by atoms with Crippen LogP contribution in [0, 0.1) is 0 Å². The second-order valence-electron chi connectivity index (χ2n) is 7.50. The molecule has 0 aliphatic carbocycles. The van der Waals surface area contributed by atoms with Crippen LogP contribution in [0.4, 0.5) is 5.69 Å². The van der Waals surface area contributed by atoms with Gasteiger partial charge in [-0.05, 0) is 31.4 Å². The number of hydrogen-bond donors (Lipinski definition) is 1. The topological polar surface area (TPSA) is 89.1 Å². The predicted molar refractivity (Wildman–Crippen MR) is 103 cm³/mol. The lowest BCUT2D eigenvalue weighted by atomic mass is 9.96. The van der Waals surface area contributed by atoms with E-state index in [9.17, 15) is 4.79 Å². The molecule has 4 heterocycles. The smallest absolute Gasteiger partial charge is 0.249 e. The highest BCUT2D eigenvalue weighted by molar-refractivity contribution is 5.95. The standard InChI is InChI=1S/C20H22N6O2/c1-13-6-7-14-4-2-3-5-17(14)26(13)18(27)11-25-10-16(23-24-25)19-20(28-12-22-19)15-8-21-9-15/h2-5,10,12-13,15,21H,6-9,11H2,1H3. The Labute approximate surface area is 162 Å². The highest BCUT2D eigenvalue weighted by atomic mass is 16.3. The Hall–Kier alpha value is -3.00. The number of aromatic nitrogens is 4. The Balaban J connectivity index is 1.36. The monoisotopic (exact) mass is 378 g/mol. The Bertz CT molecular complexity index is 1010. The van der Waals surface area contributed by atoms with Gasteiger partial charge in [-0.3, -0.25) is 4.79 Å². The van der Waals surface area contributed by atoms with Crippen LogP contribution in [0.1, 0.15) is 30.6 Å². The molecule has 1 fully saturated rings. The summed E-state index contributed by atoms with van der Waals surface area (Å²) in [6.45, 7) is 3.99. The molecule has 0 spiro atoms. The molecule has 0 saturated carbocycles. The van der Waals surface area contributed by atoms with Gasteiger partial charge < -0.3 is 14.6 Å². The van der Waals surface area contributed by atoms with E-state index in [4.69, 9.17) is 4.42 Å². The molecule has 2 aliphatic rings. The average Bonchev–Trinajstić information content (AvgIpc) is 3.29. The number of benzene rings is 1. The van der Waals surface area contributed by atoms with Crippen molar-refractivity contribution in [3.05, 3.63) is 48.2 Å². The van der Waals surface area contributed by atoms with E-state index >= 15 is 0 Å². The van der Waals surface area contributed by atoms with Crippen LogP contribution < -0.4 is 10.2 Å². The molecule has 0 bridgehead atoms. The summed E-state index contributed by atoms with van der Waals surface area (Å²) in [5.41, 5.74) is 3.56. The number of fused-ring (bicyclic) bond motifs is 1. The van der Waals surface area contributed by atoms with Gasteiger partial charge in [0.2, 0.25) is 5.91 Å². The Morgan fingerprint density at radius 1 is 1.32 bits per heavy atom. The molecule has 1 aromatic carbocycles. The van der Waals surface area contributed by atoms with E-state index in [-0.39, 0.29) is 18.5 Å². The summed E-state index contributed by atoms with van der Waals surface area (Å²) >= 11 is 0. The summed E-state index contributed by atoms with van der Waals surface area (Å²) in [7, 11) is 0. The Kier molecular flexibility index (Phi) is 4.20. The number of rotatable bonds is 4. The molecule has 1 saturated heterocycles. The number of carbonyl (C=O) groups excluding carboxylic acids is 1. The summed E-state index contributed by atoms with van der Waals surface area (Å²) in [6.07, 6.45) is 5.17. The number of nitrogens with one attached hydrogen (secondary N) is 1. The van der Waals surface area contributed by atoms with Gasteiger partial charge in [-0.25, -0.2) is 9.67 Å². The number of oxazole rings is 1. The zero-order valence-corrected chi connectivity index (χ0v) is 15.7. The lowest BCUT2D eigenvalue weighted by molar-refractivity contribution is -0.119. The molecular weight excluding hydrogens is 356 g/mol. The van der Waals surface area contributed by atoms with Crippen molar-refractivity contribution >= 4 is 11.6 Å². The third-order valence-corrected chi connectivity index (χ3v) is 5.62. The van der Waals surface area contributed by atoms with E-state index in [0.717, 1.165) is 37.4 Å². The maximum atomic E-state index is 13.1. The number of nitrogens with zero attached hydrogens (tertiary/aromatic N) is 5. The number of carbonyl (C=O) groups is 1. The van der Waals surface area contributed by atoms with E-state index < -0.39 is 0 Å².